The number of amides is 3. The summed E-state index contributed by atoms with van der Waals surface area (Å²) in [5, 5.41) is 18.0. The van der Waals surface area contributed by atoms with E-state index in [1.54, 1.807) is 36.4 Å². The van der Waals surface area contributed by atoms with Gasteiger partial charge in [0.15, 0.2) is 5.78 Å². The van der Waals surface area contributed by atoms with Crippen LogP contribution in [0.3, 0.4) is 0 Å². The fourth-order valence-electron chi connectivity index (χ4n) is 4.48. The highest BCUT2D eigenvalue weighted by atomic mass is 35.5. The molecule has 0 unspecified atom stereocenters. The van der Waals surface area contributed by atoms with Gasteiger partial charge in [0.25, 0.3) is 0 Å². The Labute approximate surface area is 280 Å². The molecule has 0 aliphatic rings. The number of carboxylic acid groups (broad SMARTS) is 1. The van der Waals surface area contributed by atoms with E-state index in [9.17, 15) is 24.3 Å². The number of hydrogen-bond acceptors (Lipinski definition) is 5. The van der Waals surface area contributed by atoms with Gasteiger partial charge in [0, 0.05) is 30.1 Å². The van der Waals surface area contributed by atoms with Gasteiger partial charge in [-0.05, 0) is 41.5 Å². The zero-order valence-electron chi connectivity index (χ0n) is 24.4. The van der Waals surface area contributed by atoms with Gasteiger partial charge in [0.05, 0.1) is 33.6 Å². The number of ether oxygens (including phenoxy) is 1. The van der Waals surface area contributed by atoms with Crippen LogP contribution >= 0.6 is 34.8 Å². The van der Waals surface area contributed by atoms with Crippen LogP contribution in [0.25, 0.3) is 0 Å². The van der Waals surface area contributed by atoms with Crippen molar-refractivity contribution in [1.29, 1.82) is 0 Å². The van der Waals surface area contributed by atoms with E-state index in [1.807, 2.05) is 42.5 Å². The van der Waals surface area contributed by atoms with E-state index in [4.69, 9.17) is 39.5 Å². The van der Waals surface area contributed by atoms with Gasteiger partial charge >= 0.3 is 12.0 Å². The zero-order chi connectivity index (χ0) is 33.1. The zero-order valence-corrected chi connectivity index (χ0v) is 26.7. The third-order valence-corrected chi connectivity index (χ3v) is 7.78. The highest BCUT2D eigenvalue weighted by Gasteiger charge is 2.26. The van der Waals surface area contributed by atoms with Crippen molar-refractivity contribution in [3.63, 3.8) is 0 Å². The van der Waals surface area contributed by atoms with Crippen LogP contribution in [0.1, 0.15) is 33.5 Å². The molecule has 4 aromatic carbocycles. The fraction of sp³-hybridized carbons (Fsp3) is 0.176. The van der Waals surface area contributed by atoms with Crippen LogP contribution in [-0.4, -0.2) is 35.3 Å². The van der Waals surface area contributed by atoms with Crippen molar-refractivity contribution < 1.29 is 29.0 Å². The number of anilines is 1. The maximum absolute atomic E-state index is 13.2. The normalized spacial score (nSPS) is 11.3. The lowest BCUT2D eigenvalue weighted by molar-refractivity contribution is -0.141. The van der Waals surface area contributed by atoms with Crippen molar-refractivity contribution in [2.24, 2.45) is 5.92 Å². The van der Waals surface area contributed by atoms with Crippen molar-refractivity contribution in [3.05, 3.63) is 128 Å². The smallest absolute Gasteiger partial charge is 0.315 e. The van der Waals surface area contributed by atoms with Crippen LogP contribution in [0.4, 0.5) is 10.5 Å². The number of ketones is 1. The summed E-state index contributed by atoms with van der Waals surface area (Å²) >= 11 is 18.7. The average molecular weight is 683 g/mol. The number of halogens is 3. The summed E-state index contributed by atoms with van der Waals surface area (Å²) in [6.07, 6.45) is -0.505. The van der Waals surface area contributed by atoms with E-state index in [-0.39, 0.29) is 40.8 Å². The molecule has 0 aromatic heterocycles. The second kappa shape index (κ2) is 16.7. The first kappa shape index (κ1) is 34.3. The molecule has 0 saturated carbocycles. The van der Waals surface area contributed by atoms with Crippen molar-refractivity contribution in [1.82, 2.24) is 10.6 Å². The monoisotopic (exact) mass is 681 g/mol. The van der Waals surface area contributed by atoms with E-state index < -0.39 is 36.0 Å². The molecule has 4 aromatic rings. The highest BCUT2D eigenvalue weighted by Crippen LogP contribution is 2.33. The maximum atomic E-state index is 13.2. The number of para-hydroxylation sites is 1. The molecule has 0 fully saturated rings. The number of aliphatic carboxylic acids is 1. The Morgan fingerprint density at radius 1 is 0.804 bits per heavy atom. The second-order valence-electron chi connectivity index (χ2n) is 10.2. The lowest BCUT2D eigenvalue weighted by Crippen LogP contribution is -2.40. The first-order valence-corrected chi connectivity index (χ1v) is 15.3. The number of benzene rings is 4. The lowest BCUT2D eigenvalue weighted by Gasteiger charge is -2.16. The number of hydrogen-bond donors (Lipinski definition) is 4. The van der Waals surface area contributed by atoms with E-state index in [0.717, 1.165) is 11.1 Å². The minimum absolute atomic E-state index is 0.00388. The van der Waals surface area contributed by atoms with Crippen molar-refractivity contribution in [3.8, 4) is 5.75 Å². The summed E-state index contributed by atoms with van der Waals surface area (Å²) in [7, 11) is 0. The molecule has 4 N–H and O–H groups in total. The topological polar surface area (TPSA) is 134 Å². The molecule has 0 saturated heterocycles. The van der Waals surface area contributed by atoms with Gasteiger partial charge in [0.1, 0.15) is 12.4 Å². The standard InChI is InChI=1S/C34H30Cl3N3O6/c35-25-11-6-9-22(15-25)16-30(42)40-27-14-13-26(36)31(32(27)37)28(41)17-24(33(43)44)19-39-34(45)38-18-23-10-4-5-12-29(23)46-20-21-7-2-1-3-8-21/h1-15,24H,16-20H2,(H,40,42)(H,43,44)(H2,38,39,45)/t24-/m0/s1. The highest BCUT2D eigenvalue weighted by molar-refractivity contribution is 6.41. The summed E-state index contributed by atoms with van der Waals surface area (Å²) in [4.78, 5) is 50.4. The number of carbonyl (C=O) groups excluding carboxylic acids is 3. The summed E-state index contributed by atoms with van der Waals surface area (Å²) in [6, 6.07) is 25.9. The molecule has 0 aliphatic heterocycles. The Bertz CT molecular complexity index is 1720. The first-order valence-electron chi connectivity index (χ1n) is 14.1. The Morgan fingerprint density at radius 2 is 1.52 bits per heavy atom. The molecule has 0 bridgehead atoms. The summed E-state index contributed by atoms with van der Waals surface area (Å²) < 4.78 is 5.91. The fourth-order valence-corrected chi connectivity index (χ4v) is 5.33. The van der Waals surface area contributed by atoms with Crippen molar-refractivity contribution in [2.75, 3.05) is 11.9 Å². The van der Waals surface area contributed by atoms with Gasteiger partial charge in [-0.25, -0.2) is 4.79 Å². The van der Waals surface area contributed by atoms with Crippen LogP contribution in [0.2, 0.25) is 15.1 Å². The lowest BCUT2D eigenvalue weighted by atomic mass is 9.97. The van der Waals surface area contributed by atoms with Crippen LogP contribution < -0.4 is 20.7 Å². The SMILES string of the molecule is O=C(Cc1cccc(Cl)c1)Nc1ccc(Cl)c(C(=O)C[C@@H](CNC(=O)NCc2ccccc2OCc2ccccc2)C(=O)O)c1Cl. The molecular formula is C34H30Cl3N3O6. The first-order chi connectivity index (χ1) is 22.1. The molecule has 9 nitrogen and oxygen atoms in total. The number of carboxylic acids is 1. The van der Waals surface area contributed by atoms with Gasteiger partial charge in [-0.15, -0.1) is 0 Å². The Hall–Kier alpha value is -4.57. The van der Waals surface area contributed by atoms with E-state index in [2.05, 4.69) is 16.0 Å². The number of urea groups is 1. The van der Waals surface area contributed by atoms with Gasteiger partial charge in [0.2, 0.25) is 5.91 Å². The van der Waals surface area contributed by atoms with Crippen molar-refractivity contribution in [2.45, 2.75) is 26.0 Å². The van der Waals surface area contributed by atoms with Crippen LogP contribution in [-0.2, 0) is 29.2 Å². The van der Waals surface area contributed by atoms with Gasteiger partial charge in [-0.1, -0.05) is 95.5 Å². The molecule has 3 amide bonds. The van der Waals surface area contributed by atoms with E-state index >= 15 is 0 Å². The second-order valence-corrected chi connectivity index (χ2v) is 11.5. The minimum atomic E-state index is -1.30. The molecule has 4 rings (SSSR count). The molecule has 0 radical (unpaired) electrons. The minimum Gasteiger partial charge on any atom is -0.489 e. The number of rotatable bonds is 14. The molecule has 0 spiro atoms. The van der Waals surface area contributed by atoms with Gasteiger partial charge in [-0.2, -0.15) is 0 Å². The predicted molar refractivity (Wildman–Crippen MR) is 178 cm³/mol. The molecular weight excluding hydrogens is 653 g/mol. The Kier molecular flexibility index (Phi) is 12.4. The summed E-state index contributed by atoms with van der Waals surface area (Å²) in [5.74, 6) is -3.06. The van der Waals surface area contributed by atoms with Gasteiger partial charge < -0.3 is 25.8 Å². The molecule has 1 atom stereocenters. The van der Waals surface area contributed by atoms with Crippen LogP contribution in [0.5, 0.6) is 5.75 Å². The van der Waals surface area contributed by atoms with Crippen LogP contribution in [0.15, 0.2) is 91.0 Å². The third kappa shape index (κ3) is 9.97. The maximum Gasteiger partial charge on any atom is 0.315 e. The molecule has 12 heteroatoms. The Balaban J connectivity index is 1.33. The third-order valence-electron chi connectivity index (χ3n) is 6.84. The Morgan fingerprint density at radius 3 is 2.26 bits per heavy atom. The molecule has 0 heterocycles. The summed E-state index contributed by atoms with van der Waals surface area (Å²) in [5.41, 5.74) is 2.39. The number of Topliss-reactive ketones (excluding diaryl/α,β-unsaturated/α-hetero) is 1. The summed E-state index contributed by atoms with van der Waals surface area (Å²) in [6.45, 7) is 0.129. The van der Waals surface area contributed by atoms with Crippen LogP contribution in [0, 0.1) is 5.92 Å². The van der Waals surface area contributed by atoms with Gasteiger partial charge in [-0.3, -0.25) is 14.4 Å². The number of carbonyl (C=O) groups is 4. The van der Waals surface area contributed by atoms with E-state index in [0.29, 0.717) is 22.9 Å². The largest absolute Gasteiger partial charge is 0.489 e. The average Bonchev–Trinajstić information content (AvgIpc) is 3.03. The molecule has 238 valence electrons. The quantitative estimate of drug-likeness (QED) is 0.104. The molecule has 0 aliphatic carbocycles. The van der Waals surface area contributed by atoms with Crippen molar-refractivity contribution >= 4 is 64.2 Å². The number of nitrogens with one attached hydrogen (secondary N) is 3. The van der Waals surface area contributed by atoms with E-state index in [1.165, 1.54) is 12.1 Å². The predicted octanol–water partition coefficient (Wildman–Crippen LogP) is 7.18. The molecule has 46 heavy (non-hydrogen) atoms.